The maximum atomic E-state index is 14.3. The first-order valence-electron chi connectivity index (χ1n) is 12.7. The maximum absolute atomic E-state index is 14.3. The number of amides is 2. The number of ether oxygens (including phenoxy) is 1. The first-order valence-corrected chi connectivity index (χ1v) is 14.3. The summed E-state index contributed by atoms with van der Waals surface area (Å²) in [5.74, 6) is 0.182. The van der Waals surface area contributed by atoms with Crippen LogP contribution in [-0.4, -0.2) is 21.6 Å². The number of aromatic nitrogens is 2. The molecule has 1 spiro atoms. The number of fused-ring (bicyclic) bond motifs is 2. The molecule has 6 rings (SSSR count). The third-order valence-electron chi connectivity index (χ3n) is 7.94. The molecule has 1 aromatic heterocycles. The van der Waals surface area contributed by atoms with Crippen LogP contribution in [0.5, 0.6) is 11.5 Å². The molecule has 2 aliphatic heterocycles. The van der Waals surface area contributed by atoms with Crippen molar-refractivity contribution in [3.8, 4) is 11.5 Å². The van der Waals surface area contributed by atoms with Gasteiger partial charge in [-0.1, -0.05) is 57.3 Å². The largest absolute Gasteiger partial charge is 0.453 e. The van der Waals surface area contributed by atoms with E-state index in [9.17, 15) is 9.59 Å². The van der Waals surface area contributed by atoms with Crippen LogP contribution in [0.4, 0.5) is 5.69 Å². The summed E-state index contributed by atoms with van der Waals surface area (Å²) in [7, 11) is 1.86. The Bertz CT molecular complexity index is 1700. The Morgan fingerprint density at radius 3 is 2.55 bits per heavy atom. The van der Waals surface area contributed by atoms with Crippen LogP contribution >= 0.6 is 39.1 Å². The van der Waals surface area contributed by atoms with Gasteiger partial charge in [0.05, 0.1) is 11.7 Å². The predicted octanol–water partition coefficient (Wildman–Crippen LogP) is 7.13. The number of carbonyl (C=O) groups excluding carboxylic acids is 2. The normalized spacial score (nSPS) is 21.8. The summed E-state index contributed by atoms with van der Waals surface area (Å²) in [6, 6.07) is 17.5. The lowest BCUT2D eigenvalue weighted by Crippen LogP contribution is -2.56. The molecule has 3 aromatic carbocycles. The fourth-order valence-electron chi connectivity index (χ4n) is 6.12. The fraction of sp³-hybridized carbons (Fsp3) is 0.233. The second kappa shape index (κ2) is 9.94. The number of nitrogens with zero attached hydrogens (tertiary/aromatic N) is 2. The van der Waals surface area contributed by atoms with Crippen molar-refractivity contribution in [2.24, 2.45) is 7.05 Å². The van der Waals surface area contributed by atoms with Gasteiger partial charge < -0.3 is 15.4 Å². The monoisotopic (exact) mass is 638 g/mol. The maximum Gasteiger partial charge on any atom is 0.238 e. The number of anilines is 1. The standard InChI is InChI=1S/C30H25BrCl2N4O3/c1-15-27(16(2)37(3)36-15)40-25-10-7-18(31)12-21(25)28-30(22-9-8-20(33)13-24(22)34-29(30)39)23(14-26(38)35-28)17-5-4-6-19(32)11-17/h4-13,23,28H,14H2,1-3H3,(H,34,39)(H,35,38)/t23-,28+,30?/m0/s1. The van der Waals surface area contributed by atoms with Gasteiger partial charge in [0.25, 0.3) is 0 Å². The zero-order valence-corrected chi connectivity index (χ0v) is 25.0. The van der Waals surface area contributed by atoms with Gasteiger partial charge in [-0.2, -0.15) is 5.10 Å². The zero-order valence-electron chi connectivity index (χ0n) is 21.9. The van der Waals surface area contributed by atoms with Gasteiger partial charge in [0.1, 0.15) is 16.9 Å². The summed E-state index contributed by atoms with van der Waals surface area (Å²) < 4.78 is 9.04. The number of hydrogen-bond acceptors (Lipinski definition) is 4. The van der Waals surface area contributed by atoms with Crippen LogP contribution in [0, 0.1) is 13.8 Å². The number of aryl methyl sites for hydroxylation is 2. The number of nitrogens with one attached hydrogen (secondary N) is 2. The first kappa shape index (κ1) is 26.9. The second-order valence-electron chi connectivity index (χ2n) is 10.2. The quantitative estimate of drug-likeness (QED) is 0.249. The number of benzene rings is 3. The van der Waals surface area contributed by atoms with Crippen molar-refractivity contribution >= 4 is 56.6 Å². The molecule has 0 saturated carbocycles. The Morgan fingerprint density at radius 2 is 1.82 bits per heavy atom. The predicted molar refractivity (Wildman–Crippen MR) is 158 cm³/mol. The molecule has 7 nitrogen and oxygen atoms in total. The summed E-state index contributed by atoms with van der Waals surface area (Å²) in [6.07, 6.45) is 0.0946. The molecular weight excluding hydrogens is 615 g/mol. The molecule has 0 radical (unpaired) electrons. The van der Waals surface area contributed by atoms with Crippen molar-refractivity contribution in [1.29, 1.82) is 0 Å². The summed E-state index contributed by atoms with van der Waals surface area (Å²) in [6.45, 7) is 3.81. The molecule has 0 bridgehead atoms. The molecule has 3 atom stereocenters. The summed E-state index contributed by atoms with van der Waals surface area (Å²) in [5.41, 5.74) is 3.16. The molecule has 3 heterocycles. The van der Waals surface area contributed by atoms with Gasteiger partial charge in [0.2, 0.25) is 11.8 Å². The van der Waals surface area contributed by atoms with Gasteiger partial charge in [-0.3, -0.25) is 14.3 Å². The molecule has 4 aromatic rings. The highest BCUT2D eigenvalue weighted by molar-refractivity contribution is 9.10. The number of carbonyl (C=O) groups is 2. The molecular formula is C30H25BrCl2N4O3. The number of piperidine rings is 1. The lowest BCUT2D eigenvalue weighted by Gasteiger charge is -2.46. The molecule has 40 heavy (non-hydrogen) atoms. The van der Waals surface area contributed by atoms with Crippen molar-refractivity contribution in [3.05, 3.63) is 103 Å². The lowest BCUT2D eigenvalue weighted by molar-refractivity contribution is -0.131. The van der Waals surface area contributed by atoms with Crippen molar-refractivity contribution in [2.45, 2.75) is 37.6 Å². The van der Waals surface area contributed by atoms with Crippen molar-refractivity contribution in [3.63, 3.8) is 0 Å². The van der Waals surface area contributed by atoms with Gasteiger partial charge in [0.15, 0.2) is 5.75 Å². The highest BCUT2D eigenvalue weighted by Gasteiger charge is 2.61. The highest BCUT2D eigenvalue weighted by atomic mass is 79.9. The first-order chi connectivity index (χ1) is 19.1. The van der Waals surface area contributed by atoms with Crippen LogP contribution in [0.3, 0.4) is 0 Å². The van der Waals surface area contributed by atoms with Crippen LogP contribution in [0.15, 0.2) is 65.1 Å². The average Bonchev–Trinajstić information content (AvgIpc) is 3.32. The third kappa shape index (κ3) is 4.21. The minimum atomic E-state index is -1.23. The van der Waals surface area contributed by atoms with E-state index in [1.54, 1.807) is 22.9 Å². The molecule has 2 N–H and O–H groups in total. The Kier molecular flexibility index (Phi) is 6.68. The van der Waals surface area contributed by atoms with Gasteiger partial charge in [0, 0.05) is 45.2 Å². The number of halogens is 3. The summed E-state index contributed by atoms with van der Waals surface area (Å²) in [4.78, 5) is 27.8. The molecule has 2 aliphatic rings. The minimum Gasteiger partial charge on any atom is -0.453 e. The Labute approximate surface area is 249 Å². The van der Waals surface area contributed by atoms with Crippen LogP contribution in [0.25, 0.3) is 0 Å². The van der Waals surface area contributed by atoms with Gasteiger partial charge >= 0.3 is 0 Å². The topological polar surface area (TPSA) is 85.2 Å². The van der Waals surface area contributed by atoms with E-state index in [0.29, 0.717) is 32.8 Å². The van der Waals surface area contributed by atoms with E-state index in [-0.39, 0.29) is 18.2 Å². The van der Waals surface area contributed by atoms with E-state index in [1.807, 2.05) is 63.4 Å². The van der Waals surface area contributed by atoms with E-state index in [4.69, 9.17) is 27.9 Å². The average molecular weight is 640 g/mol. The second-order valence-corrected chi connectivity index (χ2v) is 12.0. The molecule has 204 valence electrons. The van der Waals surface area contributed by atoms with Gasteiger partial charge in [-0.15, -0.1) is 0 Å². The minimum absolute atomic E-state index is 0.0946. The van der Waals surface area contributed by atoms with E-state index >= 15 is 0 Å². The summed E-state index contributed by atoms with van der Waals surface area (Å²) in [5, 5.41) is 11.7. The van der Waals surface area contributed by atoms with Crippen molar-refractivity contribution < 1.29 is 14.3 Å². The fourth-order valence-corrected chi connectivity index (χ4v) is 6.87. The summed E-state index contributed by atoms with van der Waals surface area (Å²) >= 11 is 16.4. The highest BCUT2D eigenvalue weighted by Crippen LogP contribution is 2.59. The number of rotatable bonds is 4. The molecule has 1 fully saturated rings. The van der Waals surface area contributed by atoms with Gasteiger partial charge in [-0.25, -0.2) is 0 Å². The van der Waals surface area contributed by atoms with Crippen molar-refractivity contribution in [1.82, 2.24) is 15.1 Å². The zero-order chi connectivity index (χ0) is 28.3. The SMILES string of the molecule is Cc1nn(C)c(C)c1Oc1ccc(Br)cc1[C@H]1NC(=O)C[C@@H](c2cccc(Cl)c2)C12C(=O)Nc1cc(Cl)ccc12. The van der Waals surface area contributed by atoms with Crippen LogP contribution in [0.2, 0.25) is 10.0 Å². The molecule has 10 heteroatoms. The van der Waals surface area contributed by atoms with Crippen LogP contribution in [-0.2, 0) is 22.1 Å². The van der Waals surface area contributed by atoms with E-state index in [0.717, 1.165) is 27.0 Å². The van der Waals surface area contributed by atoms with Crippen LogP contribution in [0.1, 0.15) is 46.5 Å². The molecule has 0 aliphatic carbocycles. The lowest BCUT2D eigenvalue weighted by atomic mass is 9.59. The van der Waals surface area contributed by atoms with E-state index < -0.39 is 17.4 Å². The van der Waals surface area contributed by atoms with Gasteiger partial charge in [-0.05, 0) is 67.4 Å². The smallest absolute Gasteiger partial charge is 0.238 e. The molecule has 1 saturated heterocycles. The number of hydrogen-bond donors (Lipinski definition) is 2. The third-order valence-corrected chi connectivity index (χ3v) is 8.90. The van der Waals surface area contributed by atoms with E-state index in [1.165, 1.54) is 0 Å². The van der Waals surface area contributed by atoms with Crippen molar-refractivity contribution in [2.75, 3.05) is 5.32 Å². The Morgan fingerprint density at radius 1 is 1.05 bits per heavy atom. The Balaban J connectivity index is 1.62. The van der Waals surface area contributed by atoms with Crippen LogP contribution < -0.4 is 15.4 Å². The molecule has 1 unspecified atom stereocenters. The van der Waals surface area contributed by atoms with E-state index in [2.05, 4.69) is 31.7 Å². The molecule has 2 amide bonds. The Hall–Kier alpha value is -3.33.